The Bertz CT molecular complexity index is 606. The maximum Gasteiger partial charge on any atom is 0.124 e. The lowest BCUT2D eigenvalue weighted by Gasteiger charge is -1.96. The van der Waals surface area contributed by atoms with Crippen LogP contribution in [0.3, 0.4) is 0 Å². The lowest BCUT2D eigenvalue weighted by atomic mass is 10.1. The number of thiazole rings is 1. The predicted octanol–water partition coefficient (Wildman–Crippen LogP) is 4.85. The van der Waals surface area contributed by atoms with Crippen LogP contribution in [0, 0.1) is 6.92 Å². The molecule has 0 radical (unpaired) electrons. The van der Waals surface area contributed by atoms with Crippen LogP contribution in [0.5, 0.6) is 0 Å². The van der Waals surface area contributed by atoms with Crippen molar-refractivity contribution in [2.24, 2.45) is 0 Å². The van der Waals surface area contributed by atoms with E-state index in [4.69, 9.17) is 0 Å². The van der Waals surface area contributed by atoms with Gasteiger partial charge in [0, 0.05) is 21.9 Å². The molecule has 0 aliphatic carbocycles. The van der Waals surface area contributed by atoms with Crippen LogP contribution in [0.15, 0.2) is 46.5 Å². The van der Waals surface area contributed by atoms with E-state index in [1.807, 2.05) is 0 Å². The third-order valence-corrected chi connectivity index (χ3v) is 4.19. The summed E-state index contributed by atoms with van der Waals surface area (Å²) in [7, 11) is 0. The summed E-state index contributed by atoms with van der Waals surface area (Å²) in [6, 6.07) is 10.6. The van der Waals surface area contributed by atoms with Gasteiger partial charge < -0.3 is 0 Å². The molecule has 0 atom stereocenters. The second kappa shape index (κ2) is 4.43. The average Bonchev–Trinajstić information content (AvgIpc) is 3.00. The Kier molecular flexibility index (Phi) is 2.79. The third kappa shape index (κ3) is 2.16. The Morgan fingerprint density at radius 3 is 2.47 bits per heavy atom. The van der Waals surface area contributed by atoms with Crippen molar-refractivity contribution in [2.45, 2.75) is 6.92 Å². The van der Waals surface area contributed by atoms with Gasteiger partial charge >= 0.3 is 0 Å². The van der Waals surface area contributed by atoms with E-state index < -0.39 is 0 Å². The maximum atomic E-state index is 4.68. The predicted molar refractivity (Wildman–Crippen MR) is 75.6 cm³/mol. The topological polar surface area (TPSA) is 12.9 Å². The molecule has 0 saturated heterocycles. The van der Waals surface area contributed by atoms with E-state index in [0.717, 1.165) is 10.7 Å². The second-order valence-corrected chi connectivity index (χ2v) is 5.55. The summed E-state index contributed by atoms with van der Waals surface area (Å²) < 4.78 is 0. The first-order chi connectivity index (χ1) is 8.33. The van der Waals surface area contributed by atoms with Crippen LogP contribution in [0.25, 0.3) is 21.8 Å². The summed E-state index contributed by atoms with van der Waals surface area (Å²) in [4.78, 5) is 4.68. The van der Waals surface area contributed by atoms with Crippen molar-refractivity contribution in [3.63, 3.8) is 0 Å². The Labute approximate surface area is 108 Å². The molecule has 0 aliphatic rings. The number of hydrogen-bond donors (Lipinski definition) is 0. The van der Waals surface area contributed by atoms with Crippen LogP contribution in [0.1, 0.15) is 5.56 Å². The molecule has 0 fully saturated rings. The number of aryl methyl sites for hydroxylation is 1. The lowest BCUT2D eigenvalue weighted by Crippen LogP contribution is -1.78. The summed E-state index contributed by atoms with van der Waals surface area (Å²) in [5, 5.41) is 7.44. The van der Waals surface area contributed by atoms with Gasteiger partial charge in [-0.1, -0.05) is 29.8 Å². The van der Waals surface area contributed by atoms with Crippen molar-refractivity contribution >= 4 is 22.7 Å². The zero-order valence-corrected chi connectivity index (χ0v) is 11.0. The molecule has 1 aromatic carbocycles. The molecule has 0 spiro atoms. The Hall–Kier alpha value is -1.45. The van der Waals surface area contributed by atoms with Crippen LogP contribution >= 0.6 is 22.7 Å². The van der Waals surface area contributed by atoms with Crippen LogP contribution < -0.4 is 0 Å². The molecular formula is C14H11NS2. The Morgan fingerprint density at radius 1 is 0.941 bits per heavy atom. The zero-order valence-electron chi connectivity index (χ0n) is 9.38. The highest BCUT2D eigenvalue weighted by molar-refractivity contribution is 7.14. The molecule has 3 heteroatoms. The molecule has 0 N–H and O–H groups in total. The molecule has 17 heavy (non-hydrogen) atoms. The highest BCUT2D eigenvalue weighted by Crippen LogP contribution is 2.29. The van der Waals surface area contributed by atoms with Gasteiger partial charge in [0.05, 0.1) is 5.69 Å². The Balaban J connectivity index is 1.98. The molecule has 1 nitrogen and oxygen atoms in total. The number of thiophene rings is 1. The van der Waals surface area contributed by atoms with E-state index in [1.165, 1.54) is 16.7 Å². The van der Waals surface area contributed by atoms with Crippen molar-refractivity contribution in [3.05, 3.63) is 52.0 Å². The van der Waals surface area contributed by atoms with Gasteiger partial charge in [0.2, 0.25) is 0 Å². The fourth-order valence-electron chi connectivity index (χ4n) is 1.65. The number of nitrogens with zero attached hydrogens (tertiary/aromatic N) is 1. The van der Waals surface area contributed by atoms with Gasteiger partial charge in [0.25, 0.3) is 0 Å². The minimum atomic E-state index is 1.07. The third-order valence-electron chi connectivity index (χ3n) is 2.62. The van der Waals surface area contributed by atoms with E-state index >= 15 is 0 Å². The average molecular weight is 257 g/mol. The monoisotopic (exact) mass is 257 g/mol. The molecule has 0 amide bonds. The smallest absolute Gasteiger partial charge is 0.124 e. The molecule has 2 heterocycles. The maximum absolute atomic E-state index is 4.68. The molecule has 0 saturated carbocycles. The molecule has 0 bridgehead atoms. The summed E-state index contributed by atoms with van der Waals surface area (Å²) in [5.74, 6) is 0. The highest BCUT2D eigenvalue weighted by atomic mass is 32.1. The van der Waals surface area contributed by atoms with Gasteiger partial charge in [0.15, 0.2) is 0 Å². The van der Waals surface area contributed by atoms with Gasteiger partial charge in [0.1, 0.15) is 5.01 Å². The highest BCUT2D eigenvalue weighted by Gasteiger charge is 2.06. The van der Waals surface area contributed by atoms with E-state index in [0.29, 0.717) is 0 Å². The van der Waals surface area contributed by atoms with Crippen molar-refractivity contribution < 1.29 is 0 Å². The van der Waals surface area contributed by atoms with E-state index in [9.17, 15) is 0 Å². The van der Waals surface area contributed by atoms with Gasteiger partial charge in [-0.25, -0.2) is 4.98 Å². The summed E-state index contributed by atoms with van der Waals surface area (Å²) in [5.41, 5.74) is 4.75. The SMILES string of the molecule is Cc1ccc(-c2csc(-c3ccsc3)n2)cc1. The standard InChI is InChI=1S/C14H11NS2/c1-10-2-4-11(5-3-10)13-9-17-14(15-13)12-6-7-16-8-12/h2-9H,1H3. The van der Waals surface area contributed by atoms with Crippen molar-refractivity contribution in [2.75, 3.05) is 0 Å². The lowest BCUT2D eigenvalue weighted by molar-refractivity contribution is 1.39. The van der Waals surface area contributed by atoms with Crippen molar-refractivity contribution in [1.82, 2.24) is 4.98 Å². The van der Waals surface area contributed by atoms with E-state index in [2.05, 4.69) is 58.4 Å². The molecule has 84 valence electrons. The fraction of sp³-hybridized carbons (Fsp3) is 0.0714. The molecule has 2 aromatic heterocycles. The number of benzene rings is 1. The first-order valence-corrected chi connectivity index (χ1v) is 7.20. The van der Waals surface area contributed by atoms with Gasteiger partial charge in [-0.3, -0.25) is 0 Å². The van der Waals surface area contributed by atoms with Crippen molar-refractivity contribution in [1.29, 1.82) is 0 Å². The van der Waals surface area contributed by atoms with Gasteiger partial charge in [-0.15, -0.1) is 11.3 Å². The number of rotatable bonds is 2. The van der Waals surface area contributed by atoms with E-state index in [-0.39, 0.29) is 0 Å². The van der Waals surface area contributed by atoms with Crippen LogP contribution in [-0.4, -0.2) is 4.98 Å². The molecular weight excluding hydrogens is 246 g/mol. The van der Waals surface area contributed by atoms with E-state index in [1.54, 1.807) is 22.7 Å². The van der Waals surface area contributed by atoms with Crippen LogP contribution in [0.2, 0.25) is 0 Å². The zero-order chi connectivity index (χ0) is 11.7. The first kappa shape index (κ1) is 10.7. The molecule has 3 aromatic rings. The van der Waals surface area contributed by atoms with Crippen LogP contribution in [-0.2, 0) is 0 Å². The normalized spacial score (nSPS) is 10.6. The molecule has 3 rings (SSSR count). The largest absolute Gasteiger partial charge is 0.236 e. The second-order valence-electron chi connectivity index (χ2n) is 3.92. The molecule has 0 aliphatic heterocycles. The minimum Gasteiger partial charge on any atom is -0.236 e. The fourth-order valence-corrected chi connectivity index (χ4v) is 3.19. The number of aromatic nitrogens is 1. The van der Waals surface area contributed by atoms with Gasteiger partial charge in [-0.2, -0.15) is 11.3 Å². The molecule has 0 unspecified atom stereocenters. The minimum absolute atomic E-state index is 1.07. The quantitative estimate of drug-likeness (QED) is 0.639. The van der Waals surface area contributed by atoms with Gasteiger partial charge in [-0.05, 0) is 18.4 Å². The Morgan fingerprint density at radius 2 is 1.76 bits per heavy atom. The summed E-state index contributed by atoms with van der Waals surface area (Å²) >= 11 is 3.41. The summed E-state index contributed by atoms with van der Waals surface area (Å²) in [6.07, 6.45) is 0. The summed E-state index contributed by atoms with van der Waals surface area (Å²) in [6.45, 7) is 2.10. The number of hydrogen-bond acceptors (Lipinski definition) is 3. The first-order valence-electron chi connectivity index (χ1n) is 5.38. The van der Waals surface area contributed by atoms with Crippen molar-refractivity contribution in [3.8, 4) is 21.8 Å². The van der Waals surface area contributed by atoms with Crippen LogP contribution in [0.4, 0.5) is 0 Å².